The number of ether oxygens (including phenoxy) is 2. The van der Waals surface area contributed by atoms with E-state index in [1.54, 1.807) is 0 Å². The Morgan fingerprint density at radius 2 is 2.00 bits per heavy atom. The van der Waals surface area contributed by atoms with E-state index < -0.39 is 24.3 Å². The van der Waals surface area contributed by atoms with Crippen LogP contribution in [0.15, 0.2) is 18.2 Å². The number of benzene rings is 1. The molecule has 0 aliphatic rings. The second-order valence-electron chi connectivity index (χ2n) is 4.35. The van der Waals surface area contributed by atoms with Crippen molar-refractivity contribution in [2.45, 2.75) is 0 Å². The van der Waals surface area contributed by atoms with Gasteiger partial charge in [-0.15, -0.1) is 0 Å². The molecule has 2 amide bonds. The molecule has 0 atom stereocenters. The van der Waals surface area contributed by atoms with Gasteiger partial charge in [0.1, 0.15) is 0 Å². The van der Waals surface area contributed by atoms with E-state index in [0.717, 1.165) is 11.0 Å². The number of rotatable bonds is 6. The van der Waals surface area contributed by atoms with E-state index in [-0.39, 0.29) is 23.8 Å². The van der Waals surface area contributed by atoms with E-state index in [1.807, 2.05) is 0 Å². The van der Waals surface area contributed by atoms with E-state index in [1.165, 1.54) is 33.3 Å². The van der Waals surface area contributed by atoms with Crippen molar-refractivity contribution in [1.82, 2.24) is 10.2 Å². The van der Waals surface area contributed by atoms with Crippen LogP contribution in [-0.4, -0.2) is 57.0 Å². The Balaban J connectivity index is 2.57. The summed E-state index contributed by atoms with van der Waals surface area (Å²) in [6.45, 7) is -0.690. The quantitative estimate of drug-likeness (QED) is 0.758. The van der Waals surface area contributed by atoms with Gasteiger partial charge in [0.2, 0.25) is 5.91 Å². The van der Waals surface area contributed by atoms with Gasteiger partial charge in [-0.1, -0.05) is 0 Å². The van der Waals surface area contributed by atoms with E-state index in [9.17, 15) is 18.8 Å². The molecular formula is C14H17FN2O5. The SMILES string of the molecule is CNC(=O)CN(C)C(=O)COC(=O)c1ccc(OC)c(F)c1. The van der Waals surface area contributed by atoms with Crippen molar-refractivity contribution in [3.63, 3.8) is 0 Å². The van der Waals surface area contributed by atoms with Gasteiger partial charge in [-0.25, -0.2) is 9.18 Å². The van der Waals surface area contributed by atoms with Crippen LogP contribution in [0, 0.1) is 5.82 Å². The number of nitrogens with one attached hydrogen (secondary N) is 1. The number of carbonyl (C=O) groups excluding carboxylic acids is 3. The molecule has 0 aliphatic heterocycles. The molecule has 0 radical (unpaired) electrons. The highest BCUT2D eigenvalue weighted by atomic mass is 19.1. The zero-order valence-corrected chi connectivity index (χ0v) is 12.5. The number of hydrogen-bond acceptors (Lipinski definition) is 5. The maximum absolute atomic E-state index is 13.5. The molecular weight excluding hydrogens is 295 g/mol. The van der Waals surface area contributed by atoms with Crippen molar-refractivity contribution in [2.24, 2.45) is 0 Å². The third-order valence-electron chi connectivity index (χ3n) is 2.80. The Labute approximate surface area is 127 Å². The normalized spacial score (nSPS) is 9.82. The second-order valence-corrected chi connectivity index (χ2v) is 4.35. The summed E-state index contributed by atoms with van der Waals surface area (Å²) in [6, 6.07) is 3.56. The minimum atomic E-state index is -0.844. The first kappa shape index (κ1) is 17.4. The molecule has 1 aromatic carbocycles. The van der Waals surface area contributed by atoms with Crippen LogP contribution in [0.1, 0.15) is 10.4 Å². The third kappa shape index (κ3) is 4.72. The molecule has 0 aliphatic carbocycles. The largest absolute Gasteiger partial charge is 0.494 e. The summed E-state index contributed by atoms with van der Waals surface area (Å²) in [4.78, 5) is 35.6. The molecule has 0 saturated carbocycles. The molecule has 0 saturated heterocycles. The lowest BCUT2D eigenvalue weighted by molar-refractivity contribution is -0.137. The van der Waals surface area contributed by atoms with Crippen molar-refractivity contribution >= 4 is 17.8 Å². The Kier molecular flexibility index (Phi) is 6.30. The highest BCUT2D eigenvalue weighted by Crippen LogP contribution is 2.18. The van der Waals surface area contributed by atoms with E-state index in [0.29, 0.717) is 0 Å². The summed E-state index contributed by atoms with van der Waals surface area (Å²) >= 11 is 0. The van der Waals surface area contributed by atoms with E-state index >= 15 is 0 Å². The number of methoxy groups -OCH3 is 1. The van der Waals surface area contributed by atoms with Crippen LogP contribution < -0.4 is 10.1 Å². The van der Waals surface area contributed by atoms with Crippen molar-refractivity contribution in [2.75, 3.05) is 34.4 Å². The van der Waals surface area contributed by atoms with Crippen LogP contribution in [0.4, 0.5) is 4.39 Å². The molecule has 8 heteroatoms. The number of amides is 2. The van der Waals surface area contributed by atoms with Gasteiger partial charge in [0.25, 0.3) is 5.91 Å². The number of halogens is 1. The molecule has 0 unspecified atom stereocenters. The van der Waals surface area contributed by atoms with Gasteiger partial charge in [0.15, 0.2) is 18.2 Å². The lowest BCUT2D eigenvalue weighted by atomic mass is 10.2. The minimum Gasteiger partial charge on any atom is -0.494 e. The van der Waals surface area contributed by atoms with Crippen LogP contribution in [0.3, 0.4) is 0 Å². The number of esters is 1. The topological polar surface area (TPSA) is 84.9 Å². The van der Waals surface area contributed by atoms with Crippen LogP contribution in [0.25, 0.3) is 0 Å². The number of likely N-dealkylation sites (N-methyl/N-ethyl adjacent to an activating group) is 2. The maximum Gasteiger partial charge on any atom is 0.338 e. The number of nitrogens with zero attached hydrogens (tertiary/aromatic N) is 1. The lowest BCUT2D eigenvalue weighted by Gasteiger charge is -2.15. The predicted octanol–water partition coefficient (Wildman–Crippen LogP) is 0.196. The number of carbonyl (C=O) groups is 3. The highest BCUT2D eigenvalue weighted by molar-refractivity contribution is 5.92. The lowest BCUT2D eigenvalue weighted by Crippen LogP contribution is -2.39. The van der Waals surface area contributed by atoms with Gasteiger partial charge in [0.05, 0.1) is 19.2 Å². The fraction of sp³-hybridized carbons (Fsp3) is 0.357. The van der Waals surface area contributed by atoms with Gasteiger partial charge >= 0.3 is 5.97 Å². The van der Waals surface area contributed by atoms with Crippen molar-refractivity contribution in [3.8, 4) is 5.75 Å². The summed E-state index contributed by atoms with van der Waals surface area (Å²) in [5.41, 5.74) is -0.0416. The smallest absolute Gasteiger partial charge is 0.338 e. The fourth-order valence-electron chi connectivity index (χ4n) is 1.50. The molecule has 7 nitrogen and oxygen atoms in total. The first-order chi connectivity index (χ1) is 10.4. The first-order valence-electron chi connectivity index (χ1n) is 6.34. The Morgan fingerprint density at radius 3 is 2.55 bits per heavy atom. The monoisotopic (exact) mass is 312 g/mol. The van der Waals surface area contributed by atoms with E-state index in [4.69, 9.17) is 9.47 Å². The summed E-state index contributed by atoms with van der Waals surface area (Å²) in [5, 5.41) is 2.36. The molecule has 0 heterocycles. The van der Waals surface area contributed by atoms with Crippen LogP contribution in [0.2, 0.25) is 0 Å². The fourth-order valence-corrected chi connectivity index (χ4v) is 1.50. The summed E-state index contributed by atoms with van der Waals surface area (Å²) < 4.78 is 23.0. The molecule has 1 aromatic rings. The highest BCUT2D eigenvalue weighted by Gasteiger charge is 2.16. The molecule has 1 rings (SSSR count). The van der Waals surface area contributed by atoms with Crippen LogP contribution in [0.5, 0.6) is 5.75 Å². The average Bonchev–Trinajstić information content (AvgIpc) is 2.51. The standard InChI is InChI=1S/C14H17FN2O5/c1-16-12(18)7-17(2)13(19)8-22-14(20)9-4-5-11(21-3)10(15)6-9/h4-6H,7-8H2,1-3H3,(H,16,18). The van der Waals surface area contributed by atoms with E-state index in [2.05, 4.69) is 5.32 Å². The average molecular weight is 312 g/mol. The minimum absolute atomic E-state index is 0.00191. The number of hydrogen-bond donors (Lipinski definition) is 1. The second kappa shape index (κ2) is 7.96. The van der Waals surface area contributed by atoms with Crippen molar-refractivity contribution < 1.29 is 28.2 Å². The Hall–Kier alpha value is -2.64. The van der Waals surface area contributed by atoms with Crippen molar-refractivity contribution in [1.29, 1.82) is 0 Å². The van der Waals surface area contributed by atoms with Gasteiger partial charge in [-0.2, -0.15) is 0 Å². The zero-order valence-electron chi connectivity index (χ0n) is 12.5. The molecule has 0 fully saturated rings. The van der Waals surface area contributed by atoms with Crippen molar-refractivity contribution in [3.05, 3.63) is 29.6 Å². The van der Waals surface area contributed by atoms with Crippen LogP contribution in [-0.2, 0) is 14.3 Å². The molecule has 1 N–H and O–H groups in total. The summed E-state index contributed by atoms with van der Waals surface area (Å²) in [6.07, 6.45) is 0. The Morgan fingerprint density at radius 1 is 1.32 bits per heavy atom. The van der Waals surface area contributed by atoms with Gasteiger partial charge in [-0.3, -0.25) is 9.59 Å². The van der Waals surface area contributed by atoms with Crippen LogP contribution >= 0.6 is 0 Å². The third-order valence-corrected chi connectivity index (χ3v) is 2.80. The maximum atomic E-state index is 13.5. The first-order valence-corrected chi connectivity index (χ1v) is 6.34. The molecule has 0 bridgehead atoms. The summed E-state index contributed by atoms with van der Waals surface area (Å²) in [7, 11) is 4.15. The Bertz CT molecular complexity index is 576. The zero-order chi connectivity index (χ0) is 16.7. The van der Waals surface area contributed by atoms with Gasteiger partial charge in [0, 0.05) is 14.1 Å². The molecule has 0 aromatic heterocycles. The molecule has 0 spiro atoms. The molecule has 120 valence electrons. The molecule has 22 heavy (non-hydrogen) atoms. The predicted molar refractivity (Wildman–Crippen MR) is 74.9 cm³/mol. The summed E-state index contributed by atoms with van der Waals surface area (Å²) in [5.74, 6) is -2.45. The van der Waals surface area contributed by atoms with Gasteiger partial charge < -0.3 is 19.7 Å². The van der Waals surface area contributed by atoms with Gasteiger partial charge in [-0.05, 0) is 18.2 Å².